The molecule has 0 spiro atoms. The quantitative estimate of drug-likeness (QED) is 0.732. The van der Waals surface area contributed by atoms with E-state index in [4.69, 9.17) is 4.74 Å². The lowest BCUT2D eigenvalue weighted by molar-refractivity contribution is -0.146. The van der Waals surface area contributed by atoms with Crippen LogP contribution in [0.1, 0.15) is 17.4 Å². The van der Waals surface area contributed by atoms with Crippen molar-refractivity contribution in [2.75, 3.05) is 13.7 Å². The first-order valence-corrected chi connectivity index (χ1v) is 8.40. The van der Waals surface area contributed by atoms with Crippen LogP contribution in [0.2, 0.25) is 0 Å². The molecule has 1 heterocycles. The molecule has 1 aromatic heterocycles. The van der Waals surface area contributed by atoms with Crippen molar-refractivity contribution >= 4 is 23.2 Å². The Bertz CT molecular complexity index is 625. The third-order valence-corrected chi connectivity index (χ3v) is 4.45. The van der Waals surface area contributed by atoms with Crippen molar-refractivity contribution in [2.24, 2.45) is 5.92 Å². The fourth-order valence-corrected chi connectivity index (χ4v) is 3.03. The first-order chi connectivity index (χ1) is 11.1. The van der Waals surface area contributed by atoms with E-state index in [0.29, 0.717) is 19.5 Å². The second-order valence-corrected chi connectivity index (χ2v) is 6.47. The maximum absolute atomic E-state index is 12.6. The summed E-state index contributed by atoms with van der Waals surface area (Å²) in [5.74, 6) is -0.630. The number of amides is 1. The number of hydrogen-bond donors (Lipinski definition) is 0. The largest absolute Gasteiger partial charge is 0.469 e. The Balaban J connectivity index is 2.09. The normalized spacial score (nSPS) is 11.7. The van der Waals surface area contributed by atoms with Crippen molar-refractivity contribution in [1.29, 1.82) is 0 Å². The molecular formula is C18H21NO3S. The van der Waals surface area contributed by atoms with Crippen LogP contribution in [-0.4, -0.2) is 30.4 Å². The van der Waals surface area contributed by atoms with Crippen LogP contribution in [0.5, 0.6) is 0 Å². The zero-order chi connectivity index (χ0) is 16.7. The van der Waals surface area contributed by atoms with Crippen molar-refractivity contribution in [3.05, 3.63) is 58.3 Å². The number of rotatable bonds is 7. The number of hydrogen-bond acceptors (Lipinski definition) is 4. The van der Waals surface area contributed by atoms with Gasteiger partial charge in [0.1, 0.15) is 0 Å². The van der Waals surface area contributed by atoms with E-state index < -0.39 is 0 Å². The van der Waals surface area contributed by atoms with Crippen LogP contribution >= 0.6 is 11.3 Å². The van der Waals surface area contributed by atoms with E-state index in [9.17, 15) is 9.59 Å². The number of carbonyl (C=O) groups excluding carboxylic acids is 2. The van der Waals surface area contributed by atoms with Crippen LogP contribution < -0.4 is 0 Å². The molecule has 2 rings (SSSR count). The predicted octanol–water partition coefficient (Wildman–Crippen LogP) is 3.13. The highest BCUT2D eigenvalue weighted by atomic mass is 32.1. The van der Waals surface area contributed by atoms with Crippen molar-refractivity contribution in [3.8, 4) is 0 Å². The molecule has 2 aromatic rings. The van der Waals surface area contributed by atoms with Gasteiger partial charge < -0.3 is 9.64 Å². The van der Waals surface area contributed by atoms with Crippen molar-refractivity contribution in [2.45, 2.75) is 19.9 Å². The fraction of sp³-hybridized carbons (Fsp3) is 0.333. The van der Waals surface area contributed by atoms with Gasteiger partial charge in [0.2, 0.25) is 5.91 Å². The smallest absolute Gasteiger partial charge is 0.310 e. The second-order valence-electron chi connectivity index (χ2n) is 5.44. The molecule has 23 heavy (non-hydrogen) atoms. The highest BCUT2D eigenvalue weighted by Crippen LogP contribution is 2.14. The molecule has 0 aliphatic rings. The van der Waals surface area contributed by atoms with Crippen LogP contribution in [0, 0.1) is 5.92 Å². The molecule has 1 atom stereocenters. The first kappa shape index (κ1) is 17.2. The average molecular weight is 331 g/mol. The maximum Gasteiger partial charge on any atom is 0.310 e. The van der Waals surface area contributed by atoms with Gasteiger partial charge in [0.15, 0.2) is 0 Å². The molecule has 5 heteroatoms. The van der Waals surface area contributed by atoms with Crippen LogP contribution in [0.15, 0.2) is 47.8 Å². The topological polar surface area (TPSA) is 46.6 Å². The Morgan fingerprint density at radius 2 is 1.91 bits per heavy atom. The molecule has 1 unspecified atom stereocenters. The SMILES string of the molecule is COC(=O)C(C)CN(Cc1ccccc1)C(=O)Cc1cccs1. The zero-order valence-electron chi connectivity index (χ0n) is 13.4. The molecule has 1 aromatic carbocycles. The summed E-state index contributed by atoms with van der Waals surface area (Å²) in [6, 6.07) is 13.7. The standard InChI is InChI=1S/C18H21NO3S/c1-14(18(21)22-2)12-19(13-15-7-4-3-5-8-15)17(20)11-16-9-6-10-23-16/h3-10,14H,11-13H2,1-2H3. The number of esters is 1. The highest BCUT2D eigenvalue weighted by molar-refractivity contribution is 7.10. The maximum atomic E-state index is 12.6. The van der Waals surface area contributed by atoms with Gasteiger partial charge in [-0.3, -0.25) is 9.59 Å². The number of thiophene rings is 1. The molecule has 0 radical (unpaired) electrons. The summed E-state index contributed by atoms with van der Waals surface area (Å²) in [5.41, 5.74) is 1.05. The predicted molar refractivity (Wildman–Crippen MR) is 91.1 cm³/mol. The average Bonchev–Trinajstić information content (AvgIpc) is 3.07. The summed E-state index contributed by atoms with van der Waals surface area (Å²) >= 11 is 1.57. The van der Waals surface area contributed by atoms with Crippen LogP contribution in [0.4, 0.5) is 0 Å². The molecule has 0 saturated carbocycles. The van der Waals surface area contributed by atoms with Crippen LogP contribution in [0.25, 0.3) is 0 Å². The van der Waals surface area contributed by atoms with E-state index >= 15 is 0 Å². The Hall–Kier alpha value is -2.14. The number of ether oxygens (including phenoxy) is 1. The summed E-state index contributed by atoms with van der Waals surface area (Å²) in [4.78, 5) is 27.1. The molecule has 0 saturated heterocycles. The minimum atomic E-state index is -0.351. The number of nitrogens with zero attached hydrogens (tertiary/aromatic N) is 1. The van der Waals surface area contributed by atoms with E-state index in [1.54, 1.807) is 23.2 Å². The van der Waals surface area contributed by atoms with Gasteiger partial charge in [-0.2, -0.15) is 0 Å². The van der Waals surface area contributed by atoms with Crippen LogP contribution in [0.3, 0.4) is 0 Å². The van der Waals surface area contributed by atoms with Gasteiger partial charge in [-0.15, -0.1) is 11.3 Å². The molecule has 0 fully saturated rings. The van der Waals surface area contributed by atoms with Crippen LogP contribution in [-0.2, 0) is 27.3 Å². The van der Waals surface area contributed by atoms with Gasteiger partial charge in [0, 0.05) is 18.0 Å². The molecule has 1 amide bonds. The lowest BCUT2D eigenvalue weighted by Gasteiger charge is -2.25. The van der Waals surface area contributed by atoms with Gasteiger partial charge >= 0.3 is 5.97 Å². The Kier molecular flexibility index (Phi) is 6.35. The molecule has 122 valence electrons. The number of carbonyl (C=O) groups is 2. The van der Waals surface area contributed by atoms with E-state index in [0.717, 1.165) is 10.4 Å². The summed E-state index contributed by atoms with van der Waals surface area (Å²) in [7, 11) is 1.37. The molecule has 0 aliphatic heterocycles. The summed E-state index contributed by atoms with van der Waals surface area (Å²) in [5, 5.41) is 1.96. The highest BCUT2D eigenvalue weighted by Gasteiger charge is 2.22. The molecule has 0 aliphatic carbocycles. The third-order valence-electron chi connectivity index (χ3n) is 3.57. The minimum absolute atomic E-state index is 0.0204. The zero-order valence-corrected chi connectivity index (χ0v) is 14.2. The van der Waals surface area contributed by atoms with E-state index in [-0.39, 0.29) is 17.8 Å². The fourth-order valence-electron chi connectivity index (χ4n) is 2.34. The van der Waals surface area contributed by atoms with Gasteiger partial charge in [-0.1, -0.05) is 43.3 Å². The Labute approximate surface area is 140 Å². The van der Waals surface area contributed by atoms with Crippen molar-refractivity contribution in [1.82, 2.24) is 4.90 Å². The summed E-state index contributed by atoms with van der Waals surface area (Å²) in [6.45, 7) is 2.63. The molecular weight excluding hydrogens is 310 g/mol. The minimum Gasteiger partial charge on any atom is -0.469 e. The van der Waals surface area contributed by atoms with Gasteiger partial charge in [0.05, 0.1) is 19.4 Å². The summed E-state index contributed by atoms with van der Waals surface area (Å²) in [6.07, 6.45) is 0.360. The number of benzene rings is 1. The molecule has 0 N–H and O–H groups in total. The summed E-state index contributed by atoms with van der Waals surface area (Å²) < 4.78 is 4.77. The second kappa shape index (κ2) is 8.48. The Morgan fingerprint density at radius 1 is 1.17 bits per heavy atom. The third kappa shape index (κ3) is 5.21. The lowest BCUT2D eigenvalue weighted by atomic mass is 10.1. The van der Waals surface area contributed by atoms with Gasteiger partial charge in [-0.05, 0) is 17.0 Å². The number of methoxy groups -OCH3 is 1. The van der Waals surface area contributed by atoms with E-state index in [1.165, 1.54) is 7.11 Å². The molecule has 0 bridgehead atoms. The van der Waals surface area contributed by atoms with Crippen molar-refractivity contribution < 1.29 is 14.3 Å². The lowest BCUT2D eigenvalue weighted by Crippen LogP contribution is -2.37. The van der Waals surface area contributed by atoms with Crippen molar-refractivity contribution in [3.63, 3.8) is 0 Å². The van der Waals surface area contributed by atoms with Gasteiger partial charge in [0.25, 0.3) is 0 Å². The van der Waals surface area contributed by atoms with E-state index in [1.807, 2.05) is 47.8 Å². The van der Waals surface area contributed by atoms with E-state index in [2.05, 4.69) is 0 Å². The van der Waals surface area contributed by atoms with Gasteiger partial charge in [-0.25, -0.2) is 0 Å². The monoisotopic (exact) mass is 331 g/mol. The Morgan fingerprint density at radius 3 is 2.52 bits per heavy atom. The molecule has 4 nitrogen and oxygen atoms in total. The first-order valence-electron chi connectivity index (χ1n) is 7.52.